The Balaban J connectivity index is 1.64. The van der Waals surface area contributed by atoms with Crippen LogP contribution in [0.2, 0.25) is 0 Å². The molecule has 6 aromatic rings. The largest absolute Gasteiger partial charge is 0.386 e. The molecule has 0 aliphatic rings. The van der Waals surface area contributed by atoms with Crippen LogP contribution in [-0.2, 0) is 6.54 Å². The second-order valence-corrected chi connectivity index (χ2v) is 9.82. The Morgan fingerprint density at radius 1 is 0.744 bits per heavy atom. The van der Waals surface area contributed by atoms with Gasteiger partial charge in [0.2, 0.25) is 0 Å². The van der Waals surface area contributed by atoms with E-state index in [-0.39, 0.29) is 0 Å². The lowest BCUT2D eigenvalue weighted by Gasteiger charge is -2.22. The van der Waals surface area contributed by atoms with Crippen molar-refractivity contribution in [3.63, 3.8) is 0 Å². The predicted octanol–water partition coefficient (Wildman–Crippen LogP) is 6.99. The van der Waals surface area contributed by atoms with Gasteiger partial charge in [-0.3, -0.25) is 5.41 Å². The van der Waals surface area contributed by atoms with Gasteiger partial charge in [-0.2, -0.15) is 0 Å². The first kappa shape index (κ1) is 24.6. The van der Waals surface area contributed by atoms with E-state index in [1.54, 1.807) is 10.9 Å². The highest BCUT2D eigenvalue weighted by Crippen LogP contribution is 2.39. The Morgan fingerprint density at radius 2 is 1.28 bits per heavy atom. The third kappa shape index (κ3) is 4.58. The van der Waals surface area contributed by atoms with Crippen LogP contribution < -0.4 is 5.49 Å². The van der Waals surface area contributed by atoms with Gasteiger partial charge in [0, 0.05) is 12.1 Å². The van der Waals surface area contributed by atoms with Gasteiger partial charge in [-0.25, -0.2) is 4.98 Å². The van der Waals surface area contributed by atoms with Crippen LogP contribution in [0, 0.1) is 5.41 Å². The van der Waals surface area contributed by atoms with Gasteiger partial charge in [0.1, 0.15) is 11.1 Å². The summed E-state index contributed by atoms with van der Waals surface area (Å²) in [6.45, 7) is 2.55. The van der Waals surface area contributed by atoms with Gasteiger partial charge in [0.25, 0.3) is 0 Å². The molecule has 0 spiro atoms. The van der Waals surface area contributed by atoms with Gasteiger partial charge >= 0.3 is 0 Å². The lowest BCUT2D eigenvalue weighted by Crippen LogP contribution is -2.27. The van der Waals surface area contributed by atoms with Crippen LogP contribution in [-0.4, -0.2) is 19.2 Å². The number of benzene rings is 4. The number of hydrogen-bond donors (Lipinski definition) is 2. The first-order valence-corrected chi connectivity index (χ1v) is 13.2. The fourth-order valence-electron chi connectivity index (χ4n) is 5.36. The summed E-state index contributed by atoms with van der Waals surface area (Å²) in [6.07, 6.45) is 0.923. The van der Waals surface area contributed by atoms with Crippen molar-refractivity contribution in [3.8, 4) is 22.4 Å². The molecule has 2 aromatic heterocycles. The minimum absolute atomic E-state index is 0.324. The monoisotopic (exact) mass is 510 g/mol. The van der Waals surface area contributed by atoms with E-state index in [0.717, 1.165) is 44.5 Å². The highest BCUT2D eigenvalue weighted by molar-refractivity contribution is 6.02. The molecule has 2 unspecified atom stereocenters. The molecule has 4 aromatic carbocycles. The molecule has 5 heteroatoms. The third-order valence-electron chi connectivity index (χ3n) is 7.37. The zero-order valence-corrected chi connectivity index (χ0v) is 21.8. The quantitative estimate of drug-likeness (QED) is 0.243. The molecule has 2 heterocycles. The Hall–Kier alpha value is -4.74. The lowest BCUT2D eigenvalue weighted by molar-refractivity contribution is 0.119. The number of nitrogens with one attached hydrogen (secondary N) is 1. The van der Waals surface area contributed by atoms with Crippen molar-refractivity contribution in [2.24, 2.45) is 0 Å². The van der Waals surface area contributed by atoms with Gasteiger partial charge in [0.05, 0.1) is 29.6 Å². The summed E-state index contributed by atoms with van der Waals surface area (Å²) in [5.74, 6) is 0. The summed E-state index contributed by atoms with van der Waals surface area (Å²) >= 11 is 0. The van der Waals surface area contributed by atoms with Crippen molar-refractivity contribution in [1.82, 2.24) is 14.1 Å². The summed E-state index contributed by atoms with van der Waals surface area (Å²) in [6, 6.07) is 40.1. The Labute approximate surface area is 227 Å². The number of nitrogens with zero attached hydrogens (tertiary/aromatic N) is 3. The van der Waals surface area contributed by atoms with E-state index in [0.29, 0.717) is 12.0 Å². The fraction of sp³-hybridized carbons (Fsp3) is 0.118. The normalized spacial score (nSPS) is 12.9. The Bertz CT molecular complexity index is 1760. The average molecular weight is 511 g/mol. The summed E-state index contributed by atoms with van der Waals surface area (Å²) in [7, 11) is 0. The third-order valence-corrected chi connectivity index (χ3v) is 7.37. The molecule has 0 aliphatic carbocycles. The minimum atomic E-state index is -0.778. The summed E-state index contributed by atoms with van der Waals surface area (Å²) in [5.41, 5.74) is 7.13. The van der Waals surface area contributed by atoms with Crippen molar-refractivity contribution in [2.75, 3.05) is 0 Å². The minimum Gasteiger partial charge on any atom is -0.386 e. The average Bonchev–Trinajstić information content (AvgIpc) is 3.33. The van der Waals surface area contributed by atoms with Gasteiger partial charge in [-0.05, 0) is 29.2 Å². The van der Waals surface area contributed by atoms with Crippen LogP contribution in [0.4, 0.5) is 0 Å². The molecule has 0 saturated heterocycles. The summed E-state index contributed by atoms with van der Waals surface area (Å²) < 4.78 is 4.01. The van der Waals surface area contributed by atoms with Crippen LogP contribution in [0.1, 0.15) is 30.2 Å². The lowest BCUT2D eigenvalue weighted by atomic mass is 9.98. The van der Waals surface area contributed by atoms with Gasteiger partial charge < -0.3 is 14.2 Å². The zero-order chi connectivity index (χ0) is 26.8. The van der Waals surface area contributed by atoms with Gasteiger partial charge in [0.15, 0.2) is 0 Å². The van der Waals surface area contributed by atoms with E-state index in [1.165, 1.54) is 0 Å². The maximum absolute atomic E-state index is 11.2. The Kier molecular flexibility index (Phi) is 6.66. The molecule has 0 amide bonds. The SMILES string of the molecule is CC(C(O)c1ccccc1)n1cnc2c(c(-c3ccccc3)c(-c3ccccc3)n2Cc2ccccc2)c1=N. The first-order valence-electron chi connectivity index (χ1n) is 13.2. The first-order chi connectivity index (χ1) is 19.1. The molecule has 2 N–H and O–H groups in total. The van der Waals surface area contributed by atoms with Crippen LogP contribution in [0.3, 0.4) is 0 Å². The second-order valence-electron chi connectivity index (χ2n) is 9.82. The fourth-order valence-corrected chi connectivity index (χ4v) is 5.36. The molecule has 0 saturated carbocycles. The van der Waals surface area contributed by atoms with E-state index in [2.05, 4.69) is 41.0 Å². The van der Waals surface area contributed by atoms with Crippen molar-refractivity contribution in [3.05, 3.63) is 144 Å². The summed E-state index contributed by atoms with van der Waals surface area (Å²) in [4.78, 5) is 4.96. The highest BCUT2D eigenvalue weighted by Gasteiger charge is 2.25. The molecular formula is C34H30N4O. The van der Waals surface area contributed by atoms with E-state index >= 15 is 0 Å². The molecule has 192 valence electrons. The number of aliphatic hydroxyl groups is 1. The maximum atomic E-state index is 11.2. The van der Waals surface area contributed by atoms with E-state index in [4.69, 9.17) is 4.98 Å². The zero-order valence-electron chi connectivity index (χ0n) is 21.8. The van der Waals surface area contributed by atoms with Crippen LogP contribution in [0.5, 0.6) is 0 Å². The molecule has 2 atom stereocenters. The van der Waals surface area contributed by atoms with Crippen molar-refractivity contribution in [2.45, 2.75) is 25.6 Å². The molecular weight excluding hydrogens is 480 g/mol. The number of fused-ring (bicyclic) bond motifs is 1. The topological polar surface area (TPSA) is 66.8 Å². The van der Waals surface area contributed by atoms with E-state index in [1.807, 2.05) is 91.9 Å². The molecule has 39 heavy (non-hydrogen) atoms. The molecule has 5 nitrogen and oxygen atoms in total. The van der Waals surface area contributed by atoms with E-state index in [9.17, 15) is 10.5 Å². The molecule has 0 fully saturated rings. The standard InChI is InChI=1S/C34H30N4O/c1-24(32(39)28-20-12-5-13-21-28)38-23-36-34-30(33(38)35)29(26-16-8-3-9-17-26)31(27-18-10-4-11-19-27)37(34)22-25-14-6-2-7-15-25/h2-21,23-24,32,35,39H,22H2,1H3. The predicted molar refractivity (Wildman–Crippen MR) is 156 cm³/mol. The molecule has 0 bridgehead atoms. The number of hydrogen-bond acceptors (Lipinski definition) is 3. The molecule has 6 rings (SSSR count). The van der Waals surface area contributed by atoms with Gasteiger partial charge in [-0.15, -0.1) is 0 Å². The van der Waals surface area contributed by atoms with Crippen molar-refractivity contribution < 1.29 is 5.11 Å². The number of aromatic nitrogens is 3. The van der Waals surface area contributed by atoms with Crippen LogP contribution in [0.15, 0.2) is 128 Å². The molecule has 0 radical (unpaired) electrons. The van der Waals surface area contributed by atoms with Crippen LogP contribution >= 0.6 is 0 Å². The Morgan fingerprint density at radius 3 is 1.90 bits per heavy atom. The molecule has 0 aliphatic heterocycles. The van der Waals surface area contributed by atoms with Crippen LogP contribution in [0.25, 0.3) is 33.4 Å². The van der Waals surface area contributed by atoms with E-state index < -0.39 is 12.1 Å². The second kappa shape index (κ2) is 10.6. The highest BCUT2D eigenvalue weighted by atomic mass is 16.3. The van der Waals surface area contributed by atoms with Gasteiger partial charge in [-0.1, -0.05) is 121 Å². The maximum Gasteiger partial charge on any atom is 0.146 e. The van der Waals surface area contributed by atoms with Crippen molar-refractivity contribution >= 4 is 11.0 Å². The summed E-state index contributed by atoms with van der Waals surface area (Å²) in [5, 5.41) is 21.5. The number of rotatable bonds is 7. The van der Waals surface area contributed by atoms with Crippen molar-refractivity contribution in [1.29, 1.82) is 5.41 Å². The smallest absolute Gasteiger partial charge is 0.146 e. The number of aliphatic hydroxyl groups excluding tert-OH is 1.